The Hall–Kier alpha value is -1.47. The molecule has 0 amide bonds. The maximum Gasteiger partial charge on any atom is 0.343 e. The normalized spacial score (nSPS) is 10.8. The minimum absolute atomic E-state index is 0.197. The molecule has 0 atom stereocenters. The summed E-state index contributed by atoms with van der Waals surface area (Å²) in [6.45, 7) is 5.45. The number of hydrogen-bond donors (Lipinski definition) is 2. The zero-order valence-corrected chi connectivity index (χ0v) is 13.6. The number of pyridine rings is 1. The van der Waals surface area contributed by atoms with Crippen molar-refractivity contribution < 1.29 is 0 Å². The van der Waals surface area contributed by atoms with Gasteiger partial charge in [0.15, 0.2) is 5.16 Å². The fraction of sp³-hybridized carbons (Fsp3) is 0.462. The molecular formula is C13H18ClN5OS. The van der Waals surface area contributed by atoms with Crippen LogP contribution in [-0.2, 0) is 12.3 Å². The molecule has 21 heavy (non-hydrogen) atoms. The van der Waals surface area contributed by atoms with Crippen LogP contribution in [0.15, 0.2) is 22.1 Å². The molecule has 0 aliphatic heterocycles. The molecule has 0 aromatic carbocycles. The van der Waals surface area contributed by atoms with Crippen LogP contribution in [0.2, 0.25) is 5.02 Å². The summed E-state index contributed by atoms with van der Waals surface area (Å²) in [5.41, 5.74) is 0.582. The molecule has 0 bridgehead atoms. The van der Waals surface area contributed by atoms with E-state index in [1.54, 1.807) is 4.57 Å². The number of rotatable bonds is 7. The van der Waals surface area contributed by atoms with Crippen molar-refractivity contribution in [2.45, 2.75) is 37.7 Å². The summed E-state index contributed by atoms with van der Waals surface area (Å²) in [6, 6.07) is 3.70. The van der Waals surface area contributed by atoms with E-state index in [4.69, 9.17) is 11.6 Å². The van der Waals surface area contributed by atoms with E-state index in [-0.39, 0.29) is 5.69 Å². The molecule has 0 spiro atoms. The number of H-pyrrole nitrogens is 1. The summed E-state index contributed by atoms with van der Waals surface area (Å²) in [5, 5.41) is 10.9. The predicted octanol–water partition coefficient (Wildman–Crippen LogP) is 2.75. The van der Waals surface area contributed by atoms with E-state index in [0.717, 1.165) is 24.5 Å². The number of anilines is 1. The largest absolute Gasteiger partial charge is 0.370 e. The van der Waals surface area contributed by atoms with Gasteiger partial charge in [-0.3, -0.25) is 4.57 Å². The lowest BCUT2D eigenvalue weighted by atomic mass is 10.3. The number of aromatic nitrogens is 4. The molecule has 2 aromatic heterocycles. The van der Waals surface area contributed by atoms with Gasteiger partial charge in [-0.1, -0.05) is 30.3 Å². The molecule has 0 aliphatic rings. The van der Waals surface area contributed by atoms with Crippen LogP contribution >= 0.6 is 23.4 Å². The molecule has 0 saturated carbocycles. The van der Waals surface area contributed by atoms with Crippen molar-refractivity contribution >= 4 is 29.2 Å². The van der Waals surface area contributed by atoms with Gasteiger partial charge in [0, 0.05) is 18.8 Å². The van der Waals surface area contributed by atoms with Crippen molar-refractivity contribution in [3.63, 3.8) is 0 Å². The third kappa shape index (κ3) is 4.01. The maximum atomic E-state index is 11.5. The molecule has 2 rings (SSSR count). The number of halogens is 1. The molecule has 0 fully saturated rings. The van der Waals surface area contributed by atoms with E-state index < -0.39 is 0 Å². The Morgan fingerprint density at radius 1 is 1.43 bits per heavy atom. The monoisotopic (exact) mass is 327 g/mol. The highest BCUT2D eigenvalue weighted by molar-refractivity contribution is 7.98. The molecule has 6 nitrogen and oxygen atoms in total. The molecule has 2 aromatic rings. The summed E-state index contributed by atoms with van der Waals surface area (Å²) >= 11 is 7.61. The highest BCUT2D eigenvalue weighted by Gasteiger charge is 2.10. The second-order valence-corrected chi connectivity index (χ2v) is 5.75. The van der Waals surface area contributed by atoms with E-state index in [2.05, 4.69) is 27.4 Å². The quantitative estimate of drug-likeness (QED) is 0.765. The lowest BCUT2D eigenvalue weighted by molar-refractivity contribution is 0.660. The van der Waals surface area contributed by atoms with Crippen molar-refractivity contribution in [3.05, 3.63) is 33.3 Å². The molecule has 0 unspecified atom stereocenters. The second-order valence-electron chi connectivity index (χ2n) is 4.40. The van der Waals surface area contributed by atoms with Gasteiger partial charge in [0.2, 0.25) is 0 Å². The first-order valence-corrected chi connectivity index (χ1v) is 8.19. The number of nitrogens with zero attached hydrogens (tertiary/aromatic N) is 3. The van der Waals surface area contributed by atoms with E-state index >= 15 is 0 Å². The molecular weight excluding hydrogens is 310 g/mol. The van der Waals surface area contributed by atoms with Crippen molar-refractivity contribution in [1.82, 2.24) is 19.7 Å². The first kappa shape index (κ1) is 15.9. The molecule has 0 aliphatic carbocycles. The van der Waals surface area contributed by atoms with Gasteiger partial charge >= 0.3 is 5.69 Å². The summed E-state index contributed by atoms with van der Waals surface area (Å²) < 4.78 is 1.58. The smallest absolute Gasteiger partial charge is 0.343 e. The lowest BCUT2D eigenvalue weighted by Crippen LogP contribution is -2.16. The van der Waals surface area contributed by atoms with Gasteiger partial charge in [0.05, 0.1) is 10.7 Å². The molecule has 0 radical (unpaired) electrons. The van der Waals surface area contributed by atoms with Crippen LogP contribution in [0.3, 0.4) is 0 Å². The van der Waals surface area contributed by atoms with Crippen LogP contribution in [0.4, 0.5) is 5.82 Å². The molecule has 2 N–H and O–H groups in total. The van der Waals surface area contributed by atoms with Crippen LogP contribution in [-0.4, -0.2) is 26.3 Å². The van der Waals surface area contributed by atoms with Gasteiger partial charge in [-0.15, -0.1) is 5.10 Å². The van der Waals surface area contributed by atoms with Crippen LogP contribution in [0.5, 0.6) is 0 Å². The summed E-state index contributed by atoms with van der Waals surface area (Å²) in [5.74, 6) is 1.37. The average molecular weight is 328 g/mol. The third-order valence-electron chi connectivity index (χ3n) is 2.85. The Morgan fingerprint density at radius 2 is 2.24 bits per heavy atom. The van der Waals surface area contributed by atoms with Crippen LogP contribution in [0.25, 0.3) is 0 Å². The summed E-state index contributed by atoms with van der Waals surface area (Å²) in [6.07, 6.45) is 1.03. The zero-order valence-electron chi connectivity index (χ0n) is 12.0. The van der Waals surface area contributed by atoms with E-state index in [1.165, 1.54) is 11.8 Å². The van der Waals surface area contributed by atoms with E-state index in [1.807, 2.05) is 19.1 Å². The van der Waals surface area contributed by atoms with Gasteiger partial charge in [-0.25, -0.2) is 14.9 Å². The molecule has 2 heterocycles. The van der Waals surface area contributed by atoms with Gasteiger partial charge in [0.1, 0.15) is 5.82 Å². The van der Waals surface area contributed by atoms with Gasteiger partial charge in [0.25, 0.3) is 0 Å². The molecule has 0 saturated heterocycles. The van der Waals surface area contributed by atoms with Crippen LogP contribution < -0.4 is 11.0 Å². The van der Waals surface area contributed by atoms with Crippen molar-refractivity contribution in [2.24, 2.45) is 0 Å². The Bertz CT molecular complexity index is 654. The van der Waals surface area contributed by atoms with Crippen LogP contribution in [0.1, 0.15) is 26.0 Å². The fourth-order valence-corrected chi connectivity index (χ4v) is 2.98. The van der Waals surface area contributed by atoms with Gasteiger partial charge < -0.3 is 5.32 Å². The van der Waals surface area contributed by atoms with Crippen molar-refractivity contribution in [2.75, 3.05) is 11.9 Å². The van der Waals surface area contributed by atoms with Crippen molar-refractivity contribution in [1.29, 1.82) is 0 Å². The minimum Gasteiger partial charge on any atom is -0.370 e. The zero-order chi connectivity index (χ0) is 15.2. The van der Waals surface area contributed by atoms with Crippen molar-refractivity contribution in [3.8, 4) is 0 Å². The SMILES string of the molecule is CCCNc1ccc(Cl)c(CSc2n[nH]c(=O)n2CC)n1. The molecule has 114 valence electrons. The number of nitrogens with one attached hydrogen (secondary N) is 2. The number of hydrogen-bond acceptors (Lipinski definition) is 5. The summed E-state index contributed by atoms with van der Waals surface area (Å²) in [7, 11) is 0. The highest BCUT2D eigenvalue weighted by Crippen LogP contribution is 2.24. The Labute approximate surface area is 132 Å². The third-order valence-corrected chi connectivity index (χ3v) is 4.18. The lowest BCUT2D eigenvalue weighted by Gasteiger charge is -2.08. The number of thioether (sulfide) groups is 1. The Kier molecular flexibility index (Phi) is 5.69. The van der Waals surface area contributed by atoms with Gasteiger partial charge in [-0.2, -0.15) is 0 Å². The van der Waals surface area contributed by atoms with E-state index in [9.17, 15) is 4.79 Å². The van der Waals surface area contributed by atoms with E-state index in [0.29, 0.717) is 22.5 Å². The Balaban J connectivity index is 2.10. The Morgan fingerprint density at radius 3 is 2.95 bits per heavy atom. The standard InChI is InChI=1S/C13H18ClN5OS/c1-3-7-15-11-6-5-9(14)10(16-11)8-21-13-18-17-12(20)19(13)4-2/h5-6H,3-4,7-8H2,1-2H3,(H,15,16)(H,17,20). The number of aromatic amines is 1. The maximum absolute atomic E-state index is 11.5. The average Bonchev–Trinajstić information content (AvgIpc) is 2.85. The van der Waals surface area contributed by atoms with Crippen LogP contribution in [0, 0.1) is 0 Å². The first-order chi connectivity index (χ1) is 10.2. The highest BCUT2D eigenvalue weighted by atomic mass is 35.5. The fourth-order valence-electron chi connectivity index (χ4n) is 1.76. The summed E-state index contributed by atoms with van der Waals surface area (Å²) in [4.78, 5) is 16.0. The predicted molar refractivity (Wildman–Crippen MR) is 86.1 cm³/mol. The topological polar surface area (TPSA) is 75.6 Å². The molecule has 8 heteroatoms. The second kappa shape index (κ2) is 7.51. The van der Waals surface area contributed by atoms with Gasteiger partial charge in [-0.05, 0) is 25.5 Å². The minimum atomic E-state index is -0.197. The first-order valence-electron chi connectivity index (χ1n) is 6.83.